The molecule has 1 aromatic heterocycles. The Kier molecular flexibility index (Phi) is 4.45. The Bertz CT molecular complexity index is 598. The second kappa shape index (κ2) is 6.09. The van der Waals surface area contributed by atoms with Crippen molar-refractivity contribution in [2.75, 3.05) is 11.1 Å². The zero-order chi connectivity index (χ0) is 14.7. The van der Waals surface area contributed by atoms with E-state index in [2.05, 4.69) is 29.1 Å². The lowest BCUT2D eigenvalue weighted by Gasteiger charge is -2.20. The van der Waals surface area contributed by atoms with Crippen LogP contribution in [0.2, 0.25) is 5.02 Å². The number of nitrogen functional groups attached to an aromatic ring is 1. The maximum Gasteiger partial charge on any atom is 0.135 e. The molecule has 5 heteroatoms. The molecule has 0 aliphatic heterocycles. The van der Waals surface area contributed by atoms with Crippen molar-refractivity contribution in [1.82, 2.24) is 9.97 Å². The van der Waals surface area contributed by atoms with Crippen molar-refractivity contribution in [3.63, 3.8) is 0 Å². The highest BCUT2D eigenvalue weighted by Crippen LogP contribution is 2.30. The Morgan fingerprint density at radius 3 is 2.50 bits per heavy atom. The van der Waals surface area contributed by atoms with E-state index in [1.54, 1.807) is 0 Å². The van der Waals surface area contributed by atoms with E-state index >= 15 is 0 Å². The number of nitrogens with two attached hydrogens (primary N) is 1. The SMILES string of the molecule is CC(C)c1c(N)ncnc1NC(C)c1ccccc1Cl. The molecule has 0 bridgehead atoms. The molecular formula is C15H19ClN4. The topological polar surface area (TPSA) is 63.8 Å². The molecule has 0 amide bonds. The van der Waals surface area contributed by atoms with Gasteiger partial charge in [0.15, 0.2) is 0 Å². The molecule has 0 fully saturated rings. The van der Waals surface area contributed by atoms with Crippen molar-refractivity contribution >= 4 is 23.2 Å². The molecule has 4 nitrogen and oxygen atoms in total. The molecule has 0 saturated heterocycles. The van der Waals surface area contributed by atoms with Gasteiger partial charge < -0.3 is 11.1 Å². The van der Waals surface area contributed by atoms with Gasteiger partial charge in [-0.05, 0) is 24.5 Å². The van der Waals surface area contributed by atoms with Crippen molar-refractivity contribution < 1.29 is 0 Å². The van der Waals surface area contributed by atoms with Crippen LogP contribution in [0, 0.1) is 0 Å². The smallest absolute Gasteiger partial charge is 0.135 e. The van der Waals surface area contributed by atoms with E-state index in [9.17, 15) is 0 Å². The van der Waals surface area contributed by atoms with Gasteiger partial charge >= 0.3 is 0 Å². The average Bonchev–Trinajstić information content (AvgIpc) is 2.38. The van der Waals surface area contributed by atoms with Crippen LogP contribution in [0.1, 0.15) is 43.9 Å². The molecule has 0 saturated carbocycles. The fourth-order valence-corrected chi connectivity index (χ4v) is 2.50. The number of anilines is 2. The first-order valence-corrected chi connectivity index (χ1v) is 6.99. The van der Waals surface area contributed by atoms with Crippen LogP contribution >= 0.6 is 11.6 Å². The van der Waals surface area contributed by atoms with Gasteiger partial charge in [-0.1, -0.05) is 43.6 Å². The second-order valence-electron chi connectivity index (χ2n) is 5.06. The molecule has 2 aromatic rings. The summed E-state index contributed by atoms with van der Waals surface area (Å²) < 4.78 is 0. The molecule has 1 unspecified atom stereocenters. The van der Waals surface area contributed by atoms with E-state index in [1.807, 2.05) is 31.2 Å². The summed E-state index contributed by atoms with van der Waals surface area (Å²) in [7, 11) is 0. The molecule has 1 heterocycles. The van der Waals surface area contributed by atoms with Gasteiger partial charge in [0.25, 0.3) is 0 Å². The summed E-state index contributed by atoms with van der Waals surface area (Å²) in [6.07, 6.45) is 1.48. The molecule has 1 atom stereocenters. The number of hydrogen-bond acceptors (Lipinski definition) is 4. The quantitative estimate of drug-likeness (QED) is 0.893. The van der Waals surface area contributed by atoms with Gasteiger partial charge in [0.2, 0.25) is 0 Å². The summed E-state index contributed by atoms with van der Waals surface area (Å²) >= 11 is 6.22. The Balaban J connectivity index is 2.31. The van der Waals surface area contributed by atoms with E-state index in [4.69, 9.17) is 17.3 Å². The van der Waals surface area contributed by atoms with E-state index in [0.717, 1.165) is 22.0 Å². The summed E-state index contributed by atoms with van der Waals surface area (Å²) in [6, 6.07) is 7.81. The number of rotatable bonds is 4. The van der Waals surface area contributed by atoms with Crippen LogP contribution in [0.4, 0.5) is 11.6 Å². The molecule has 0 aliphatic rings. The van der Waals surface area contributed by atoms with Gasteiger partial charge in [0, 0.05) is 10.6 Å². The van der Waals surface area contributed by atoms with E-state index in [1.165, 1.54) is 6.33 Å². The van der Waals surface area contributed by atoms with Gasteiger partial charge in [0.1, 0.15) is 18.0 Å². The van der Waals surface area contributed by atoms with E-state index in [0.29, 0.717) is 5.82 Å². The maximum absolute atomic E-state index is 6.22. The third kappa shape index (κ3) is 3.02. The van der Waals surface area contributed by atoms with Crippen LogP contribution in [-0.2, 0) is 0 Å². The summed E-state index contributed by atoms with van der Waals surface area (Å²) in [5.41, 5.74) is 7.91. The lowest BCUT2D eigenvalue weighted by molar-refractivity contribution is 0.822. The second-order valence-corrected chi connectivity index (χ2v) is 5.47. The number of hydrogen-bond donors (Lipinski definition) is 2. The third-order valence-electron chi connectivity index (χ3n) is 3.22. The maximum atomic E-state index is 6.22. The van der Waals surface area contributed by atoms with E-state index < -0.39 is 0 Å². The minimum absolute atomic E-state index is 0.0375. The van der Waals surface area contributed by atoms with Crippen LogP contribution < -0.4 is 11.1 Å². The molecule has 0 radical (unpaired) electrons. The van der Waals surface area contributed by atoms with Crippen LogP contribution in [0.5, 0.6) is 0 Å². The normalized spacial score (nSPS) is 12.4. The number of aromatic nitrogens is 2. The van der Waals surface area contributed by atoms with Crippen molar-refractivity contribution in [3.05, 3.63) is 46.7 Å². The standard InChI is InChI=1S/C15H19ClN4/c1-9(2)13-14(17)18-8-19-15(13)20-10(3)11-6-4-5-7-12(11)16/h4-10H,1-3H3,(H3,17,18,19,20). The molecule has 0 aliphatic carbocycles. The highest BCUT2D eigenvalue weighted by atomic mass is 35.5. The lowest BCUT2D eigenvalue weighted by Crippen LogP contribution is -2.13. The molecule has 20 heavy (non-hydrogen) atoms. The number of nitrogens with zero attached hydrogens (tertiary/aromatic N) is 2. The predicted molar refractivity (Wildman–Crippen MR) is 84.0 cm³/mol. The first kappa shape index (κ1) is 14.6. The van der Waals surface area contributed by atoms with Crippen molar-refractivity contribution in [2.24, 2.45) is 0 Å². The van der Waals surface area contributed by atoms with Gasteiger partial charge in [-0.3, -0.25) is 0 Å². The first-order valence-electron chi connectivity index (χ1n) is 6.62. The highest BCUT2D eigenvalue weighted by molar-refractivity contribution is 6.31. The number of halogens is 1. The van der Waals surface area contributed by atoms with E-state index in [-0.39, 0.29) is 12.0 Å². The minimum Gasteiger partial charge on any atom is -0.383 e. The van der Waals surface area contributed by atoms with Crippen LogP contribution in [0.15, 0.2) is 30.6 Å². The Labute approximate surface area is 124 Å². The molecule has 1 aromatic carbocycles. The van der Waals surface area contributed by atoms with Crippen molar-refractivity contribution in [1.29, 1.82) is 0 Å². The summed E-state index contributed by atoms with van der Waals surface area (Å²) in [5, 5.41) is 4.11. The Hall–Kier alpha value is -1.81. The Morgan fingerprint density at radius 1 is 1.15 bits per heavy atom. The van der Waals surface area contributed by atoms with Gasteiger partial charge in [-0.15, -0.1) is 0 Å². The number of nitrogens with one attached hydrogen (secondary N) is 1. The molecule has 106 valence electrons. The van der Waals surface area contributed by atoms with Gasteiger partial charge in [-0.25, -0.2) is 9.97 Å². The minimum atomic E-state index is 0.0375. The zero-order valence-corrected chi connectivity index (χ0v) is 12.6. The van der Waals surface area contributed by atoms with Crippen molar-refractivity contribution in [2.45, 2.75) is 32.7 Å². The molecule has 0 spiro atoms. The van der Waals surface area contributed by atoms with Crippen molar-refractivity contribution in [3.8, 4) is 0 Å². The fourth-order valence-electron chi connectivity index (χ4n) is 2.20. The van der Waals surface area contributed by atoms with Crippen LogP contribution in [0.3, 0.4) is 0 Å². The third-order valence-corrected chi connectivity index (χ3v) is 3.56. The van der Waals surface area contributed by atoms with Crippen LogP contribution in [0.25, 0.3) is 0 Å². The first-order chi connectivity index (χ1) is 9.50. The summed E-state index contributed by atoms with van der Waals surface area (Å²) in [5.74, 6) is 1.53. The fraction of sp³-hybridized carbons (Fsp3) is 0.333. The Morgan fingerprint density at radius 2 is 1.85 bits per heavy atom. The van der Waals surface area contributed by atoms with Gasteiger partial charge in [-0.2, -0.15) is 0 Å². The summed E-state index contributed by atoms with van der Waals surface area (Å²) in [6.45, 7) is 6.18. The van der Waals surface area contributed by atoms with Gasteiger partial charge in [0.05, 0.1) is 6.04 Å². The molecular weight excluding hydrogens is 272 g/mol. The zero-order valence-electron chi connectivity index (χ0n) is 11.9. The number of benzene rings is 1. The molecule has 3 N–H and O–H groups in total. The van der Waals surface area contributed by atoms with Crippen LogP contribution in [-0.4, -0.2) is 9.97 Å². The lowest BCUT2D eigenvalue weighted by atomic mass is 10.0. The monoisotopic (exact) mass is 290 g/mol. The summed E-state index contributed by atoms with van der Waals surface area (Å²) in [4.78, 5) is 8.37. The average molecular weight is 291 g/mol. The predicted octanol–water partition coefficient (Wildman–Crippen LogP) is 4.01. The molecule has 2 rings (SSSR count). The largest absolute Gasteiger partial charge is 0.383 e. The highest BCUT2D eigenvalue weighted by Gasteiger charge is 2.16.